The predicted molar refractivity (Wildman–Crippen MR) is 160 cm³/mol. The van der Waals surface area contributed by atoms with E-state index in [0.717, 1.165) is 29.7 Å². The molecular formula is C34H39N3O5. The minimum Gasteiger partial charge on any atom is -0.467 e. The first-order valence-corrected chi connectivity index (χ1v) is 14.5. The Morgan fingerprint density at radius 2 is 1.29 bits per heavy atom. The van der Waals surface area contributed by atoms with E-state index in [1.165, 1.54) is 7.11 Å². The molecule has 3 N–H and O–H groups in total. The van der Waals surface area contributed by atoms with Crippen LogP contribution in [0.2, 0.25) is 0 Å². The van der Waals surface area contributed by atoms with E-state index in [4.69, 9.17) is 4.74 Å². The standard InChI is InChI=1S/C34H39N3O5/c1-42-34(41)30(22-26-16-9-4-10-17-26)37-32(39)27(20-24-12-5-2-6-13-24)23-31(38)29(21-25-14-7-3-8-15-25)36-33(40)28-18-11-19-35-28/h2-10,12-17,27-30,35H,11,18-23H2,1H3,(H,36,40)(H,37,39)/t27-,28+,29+,30+/m1/s1. The van der Waals surface area contributed by atoms with Crippen molar-refractivity contribution in [1.29, 1.82) is 0 Å². The first-order valence-electron chi connectivity index (χ1n) is 14.5. The maximum absolute atomic E-state index is 13.9. The van der Waals surface area contributed by atoms with Crippen molar-refractivity contribution in [2.24, 2.45) is 5.92 Å². The number of rotatable bonds is 14. The molecule has 0 spiro atoms. The third kappa shape index (κ3) is 9.11. The van der Waals surface area contributed by atoms with Crippen LogP contribution >= 0.6 is 0 Å². The van der Waals surface area contributed by atoms with Gasteiger partial charge >= 0.3 is 5.97 Å². The Morgan fingerprint density at radius 3 is 1.79 bits per heavy atom. The highest BCUT2D eigenvalue weighted by Gasteiger charge is 2.32. The molecule has 4 rings (SSSR count). The number of ether oxygens (including phenoxy) is 1. The van der Waals surface area contributed by atoms with Crippen LogP contribution in [-0.2, 0) is 43.2 Å². The molecule has 8 heteroatoms. The predicted octanol–water partition coefficient (Wildman–Crippen LogP) is 3.18. The molecule has 0 unspecified atom stereocenters. The van der Waals surface area contributed by atoms with Gasteiger partial charge in [0.1, 0.15) is 6.04 Å². The minimum atomic E-state index is -0.911. The van der Waals surface area contributed by atoms with E-state index in [0.29, 0.717) is 19.3 Å². The number of carbonyl (C=O) groups excluding carboxylic acids is 4. The average molecular weight is 570 g/mol. The molecule has 1 aliphatic heterocycles. The molecular weight excluding hydrogens is 530 g/mol. The lowest BCUT2D eigenvalue weighted by molar-refractivity contribution is -0.145. The van der Waals surface area contributed by atoms with Crippen LogP contribution in [0.25, 0.3) is 0 Å². The van der Waals surface area contributed by atoms with Crippen molar-refractivity contribution >= 4 is 23.6 Å². The van der Waals surface area contributed by atoms with E-state index < -0.39 is 29.9 Å². The lowest BCUT2D eigenvalue weighted by Gasteiger charge is -2.24. The van der Waals surface area contributed by atoms with Crippen molar-refractivity contribution in [2.75, 3.05) is 13.7 Å². The van der Waals surface area contributed by atoms with Crippen LogP contribution < -0.4 is 16.0 Å². The third-order valence-electron chi connectivity index (χ3n) is 7.59. The quantitative estimate of drug-likeness (QED) is 0.257. The number of hydrogen-bond acceptors (Lipinski definition) is 6. The Balaban J connectivity index is 1.54. The van der Waals surface area contributed by atoms with Gasteiger partial charge in [0, 0.05) is 18.8 Å². The van der Waals surface area contributed by atoms with Gasteiger partial charge in [0.25, 0.3) is 0 Å². The number of hydrogen-bond donors (Lipinski definition) is 3. The summed E-state index contributed by atoms with van der Waals surface area (Å²) < 4.78 is 4.99. The molecule has 1 saturated heterocycles. The molecule has 0 aromatic heterocycles. The fraction of sp³-hybridized carbons (Fsp3) is 0.353. The van der Waals surface area contributed by atoms with Gasteiger partial charge in [-0.3, -0.25) is 14.4 Å². The van der Waals surface area contributed by atoms with Gasteiger partial charge in [-0.2, -0.15) is 0 Å². The zero-order valence-electron chi connectivity index (χ0n) is 24.0. The maximum Gasteiger partial charge on any atom is 0.328 e. The topological polar surface area (TPSA) is 114 Å². The number of ketones is 1. The molecule has 1 aliphatic rings. The van der Waals surface area contributed by atoms with Crippen molar-refractivity contribution in [3.05, 3.63) is 108 Å². The molecule has 1 fully saturated rings. The van der Waals surface area contributed by atoms with Gasteiger partial charge in [-0.1, -0.05) is 91.0 Å². The SMILES string of the molecule is COC(=O)[C@H](Cc1ccccc1)NC(=O)[C@@H](CC(=O)[C@H](Cc1ccccc1)NC(=O)[C@@H]1CCCN1)Cc1ccccc1. The highest BCUT2D eigenvalue weighted by atomic mass is 16.5. The summed E-state index contributed by atoms with van der Waals surface area (Å²) in [5.74, 6) is -2.18. The number of esters is 1. The third-order valence-corrected chi connectivity index (χ3v) is 7.59. The van der Waals surface area contributed by atoms with E-state index in [1.807, 2.05) is 91.0 Å². The summed E-state index contributed by atoms with van der Waals surface area (Å²) in [4.78, 5) is 53.3. The molecule has 3 aromatic carbocycles. The molecule has 2 amide bonds. The molecule has 0 bridgehead atoms. The van der Waals surface area contributed by atoms with Crippen LogP contribution in [0.15, 0.2) is 91.0 Å². The largest absolute Gasteiger partial charge is 0.467 e. The van der Waals surface area contributed by atoms with Crippen LogP contribution in [-0.4, -0.2) is 55.3 Å². The highest BCUT2D eigenvalue weighted by Crippen LogP contribution is 2.18. The number of amides is 2. The fourth-order valence-corrected chi connectivity index (χ4v) is 5.29. The fourth-order valence-electron chi connectivity index (χ4n) is 5.29. The smallest absolute Gasteiger partial charge is 0.328 e. The van der Waals surface area contributed by atoms with Gasteiger partial charge in [-0.25, -0.2) is 4.79 Å². The lowest BCUT2D eigenvalue weighted by Crippen LogP contribution is -2.50. The van der Waals surface area contributed by atoms with Crippen molar-refractivity contribution in [3.63, 3.8) is 0 Å². The average Bonchev–Trinajstić information content (AvgIpc) is 3.57. The van der Waals surface area contributed by atoms with Crippen LogP contribution in [0.4, 0.5) is 0 Å². The summed E-state index contributed by atoms with van der Waals surface area (Å²) >= 11 is 0. The Morgan fingerprint density at radius 1 is 0.762 bits per heavy atom. The monoisotopic (exact) mass is 569 g/mol. The van der Waals surface area contributed by atoms with E-state index in [-0.39, 0.29) is 30.6 Å². The molecule has 1 heterocycles. The lowest BCUT2D eigenvalue weighted by atomic mass is 9.89. The van der Waals surface area contributed by atoms with Crippen LogP contribution in [0.5, 0.6) is 0 Å². The molecule has 3 aromatic rings. The Kier molecular flexibility index (Phi) is 11.4. The van der Waals surface area contributed by atoms with Gasteiger partial charge in [0.15, 0.2) is 5.78 Å². The maximum atomic E-state index is 13.9. The van der Waals surface area contributed by atoms with E-state index in [2.05, 4.69) is 16.0 Å². The summed E-state index contributed by atoms with van der Waals surface area (Å²) in [6.07, 6.45) is 2.39. The number of methoxy groups -OCH3 is 1. The summed E-state index contributed by atoms with van der Waals surface area (Å²) in [5.41, 5.74) is 2.67. The Bertz CT molecular complexity index is 1310. The summed E-state index contributed by atoms with van der Waals surface area (Å²) in [6.45, 7) is 0.763. The highest BCUT2D eigenvalue weighted by molar-refractivity contribution is 5.94. The van der Waals surface area contributed by atoms with Gasteiger partial charge in [-0.05, 0) is 48.9 Å². The van der Waals surface area contributed by atoms with Gasteiger partial charge in [0.2, 0.25) is 11.8 Å². The summed E-state index contributed by atoms with van der Waals surface area (Å²) in [7, 11) is 1.29. The number of nitrogens with one attached hydrogen (secondary N) is 3. The number of benzene rings is 3. The van der Waals surface area contributed by atoms with E-state index in [1.54, 1.807) is 0 Å². The molecule has 0 saturated carbocycles. The first-order chi connectivity index (χ1) is 20.4. The van der Waals surface area contributed by atoms with Crippen molar-refractivity contribution in [3.8, 4) is 0 Å². The molecule has 0 aliphatic carbocycles. The van der Waals surface area contributed by atoms with E-state index in [9.17, 15) is 19.2 Å². The molecule has 0 radical (unpaired) electrons. The number of carbonyl (C=O) groups is 4. The second-order valence-corrected chi connectivity index (χ2v) is 10.7. The molecule has 4 atom stereocenters. The Labute approximate surface area is 247 Å². The van der Waals surface area contributed by atoms with Gasteiger partial charge < -0.3 is 20.7 Å². The van der Waals surface area contributed by atoms with Gasteiger partial charge in [-0.15, -0.1) is 0 Å². The summed E-state index contributed by atoms with van der Waals surface area (Å²) in [5, 5.41) is 8.99. The molecule has 8 nitrogen and oxygen atoms in total. The molecule has 42 heavy (non-hydrogen) atoms. The van der Waals surface area contributed by atoms with Crippen molar-refractivity contribution in [1.82, 2.24) is 16.0 Å². The minimum absolute atomic E-state index is 0.101. The second-order valence-electron chi connectivity index (χ2n) is 10.7. The van der Waals surface area contributed by atoms with Crippen LogP contribution in [0.1, 0.15) is 36.0 Å². The van der Waals surface area contributed by atoms with Gasteiger partial charge in [0.05, 0.1) is 19.2 Å². The van der Waals surface area contributed by atoms with Crippen molar-refractivity contribution < 1.29 is 23.9 Å². The Hall–Kier alpha value is -4.30. The van der Waals surface area contributed by atoms with E-state index >= 15 is 0 Å². The number of Topliss-reactive ketones (excluding diaryl/α,β-unsaturated/α-hetero) is 1. The second kappa shape index (κ2) is 15.6. The normalized spacial score (nSPS) is 16.5. The van der Waals surface area contributed by atoms with Crippen molar-refractivity contribution in [2.45, 2.75) is 56.7 Å². The van der Waals surface area contributed by atoms with Crippen LogP contribution in [0.3, 0.4) is 0 Å². The zero-order valence-corrected chi connectivity index (χ0v) is 24.0. The first kappa shape index (κ1) is 30.7. The summed E-state index contributed by atoms with van der Waals surface area (Å²) in [6, 6.07) is 26.3. The molecule has 220 valence electrons. The van der Waals surface area contributed by atoms with Crippen LogP contribution in [0, 0.1) is 5.92 Å². The zero-order chi connectivity index (χ0) is 29.7.